The number of nitrogens with two attached hydrogens (primary N) is 1. The molecule has 0 bridgehead atoms. The Bertz CT molecular complexity index is 467. The van der Waals surface area contributed by atoms with Crippen LogP contribution in [0.5, 0.6) is 0 Å². The largest absolute Gasteiger partial charge is 0.421 e. The molecule has 0 aliphatic rings. The van der Waals surface area contributed by atoms with E-state index in [1.165, 1.54) is 0 Å². The Morgan fingerprint density at radius 3 is 2.35 bits per heavy atom. The summed E-state index contributed by atoms with van der Waals surface area (Å²) in [5.74, 6) is 0. The van der Waals surface area contributed by atoms with Crippen LogP contribution in [0.15, 0.2) is 24.4 Å². The molecule has 0 aliphatic carbocycles. The number of aromatic nitrogens is 1. The van der Waals surface area contributed by atoms with Gasteiger partial charge in [-0.3, -0.25) is 4.98 Å². The van der Waals surface area contributed by atoms with Crippen molar-refractivity contribution in [3.8, 4) is 0 Å². The van der Waals surface area contributed by atoms with Crippen LogP contribution < -0.4 is 5.73 Å². The third-order valence-corrected chi connectivity index (χ3v) is 6.24. The van der Waals surface area contributed by atoms with E-state index in [4.69, 9.17) is 20.4 Å². The highest BCUT2D eigenvalue weighted by molar-refractivity contribution is 7.68. The topological polar surface area (TPSA) is 134 Å². The van der Waals surface area contributed by atoms with Crippen LogP contribution in [0.25, 0.3) is 0 Å². The van der Waals surface area contributed by atoms with E-state index in [-0.39, 0.29) is 12.5 Å². The SMILES string of the molecule is NC(CCCCC(P(=O)=O)[P+](O)(O)O)c1ccccn1. The van der Waals surface area contributed by atoms with Crippen molar-refractivity contribution in [2.24, 2.45) is 5.73 Å². The van der Waals surface area contributed by atoms with Crippen molar-refractivity contribution >= 4 is 15.6 Å². The van der Waals surface area contributed by atoms with Gasteiger partial charge in [-0.2, -0.15) is 14.7 Å². The first-order valence-electron chi connectivity index (χ1n) is 6.19. The van der Waals surface area contributed by atoms with Gasteiger partial charge in [-0.25, -0.2) is 9.13 Å². The summed E-state index contributed by atoms with van der Waals surface area (Å²) in [6.45, 7) is 0. The van der Waals surface area contributed by atoms with Gasteiger partial charge in [-0.05, 0) is 25.0 Å². The first kappa shape index (κ1) is 17.4. The van der Waals surface area contributed by atoms with Crippen molar-refractivity contribution in [2.45, 2.75) is 37.1 Å². The molecule has 20 heavy (non-hydrogen) atoms. The number of nitrogens with zero attached hydrogens (tertiary/aromatic N) is 1. The molecule has 0 radical (unpaired) electrons. The summed E-state index contributed by atoms with van der Waals surface area (Å²) in [5.41, 5.74) is 6.69. The van der Waals surface area contributed by atoms with Crippen molar-refractivity contribution < 1.29 is 23.8 Å². The molecule has 1 aromatic heterocycles. The van der Waals surface area contributed by atoms with Gasteiger partial charge >= 0.3 is 15.6 Å². The summed E-state index contributed by atoms with van der Waals surface area (Å²) < 4.78 is 21.7. The number of unbranched alkanes of at least 4 members (excludes halogenated alkanes) is 1. The lowest BCUT2D eigenvalue weighted by Crippen LogP contribution is -2.12. The highest BCUT2D eigenvalue weighted by Gasteiger charge is 2.46. The molecule has 0 saturated carbocycles. The van der Waals surface area contributed by atoms with Crippen LogP contribution in [0.1, 0.15) is 37.4 Å². The summed E-state index contributed by atoms with van der Waals surface area (Å²) in [7, 11) is -7.42. The lowest BCUT2D eigenvalue weighted by Gasteiger charge is -2.12. The molecule has 9 heteroatoms. The van der Waals surface area contributed by atoms with Gasteiger partial charge in [0.15, 0.2) is 0 Å². The quantitative estimate of drug-likeness (QED) is 0.424. The van der Waals surface area contributed by atoms with E-state index in [9.17, 15) is 9.13 Å². The maximum Gasteiger partial charge on any atom is 0.421 e. The molecule has 2 atom stereocenters. The maximum atomic E-state index is 10.8. The van der Waals surface area contributed by atoms with E-state index in [2.05, 4.69) is 4.98 Å². The molecule has 5 N–H and O–H groups in total. The van der Waals surface area contributed by atoms with E-state index in [1.807, 2.05) is 12.1 Å². The van der Waals surface area contributed by atoms with E-state index < -0.39 is 21.0 Å². The zero-order chi connectivity index (χ0) is 15.2. The summed E-state index contributed by atoms with van der Waals surface area (Å²) in [5, 5.41) is -1.48. The molecule has 112 valence electrons. The van der Waals surface area contributed by atoms with Gasteiger partial charge in [0, 0.05) is 18.7 Å². The molecule has 0 saturated heterocycles. The molecule has 0 aromatic carbocycles. The van der Waals surface area contributed by atoms with Crippen LogP contribution in [-0.4, -0.2) is 25.1 Å². The smallest absolute Gasteiger partial charge is 0.323 e. The molecule has 1 heterocycles. The molecule has 0 amide bonds. The van der Waals surface area contributed by atoms with Gasteiger partial charge in [0.25, 0.3) is 5.40 Å². The molecule has 2 unspecified atom stereocenters. The Kier molecular flexibility index (Phi) is 6.89. The number of pyridine rings is 1. The van der Waals surface area contributed by atoms with Crippen molar-refractivity contribution in [1.29, 1.82) is 0 Å². The summed E-state index contributed by atoms with van der Waals surface area (Å²) in [4.78, 5) is 31.2. The third kappa shape index (κ3) is 5.75. The second-order valence-corrected chi connectivity index (χ2v) is 7.98. The molecule has 0 aliphatic heterocycles. The average Bonchev–Trinajstić information content (AvgIpc) is 2.37. The fourth-order valence-electron chi connectivity index (χ4n) is 1.84. The van der Waals surface area contributed by atoms with Crippen LogP contribution in [-0.2, 0) is 9.13 Å². The van der Waals surface area contributed by atoms with Gasteiger partial charge in [-0.15, -0.1) is 0 Å². The van der Waals surface area contributed by atoms with Crippen LogP contribution in [0.2, 0.25) is 0 Å². The Balaban J connectivity index is 2.38. The predicted molar refractivity (Wildman–Crippen MR) is 75.3 cm³/mol. The Morgan fingerprint density at radius 2 is 1.85 bits per heavy atom. The summed E-state index contributed by atoms with van der Waals surface area (Å²) >= 11 is 0. The first-order chi connectivity index (χ1) is 9.32. The van der Waals surface area contributed by atoms with Crippen LogP contribution in [0, 0.1) is 0 Å². The Morgan fingerprint density at radius 1 is 1.20 bits per heavy atom. The van der Waals surface area contributed by atoms with Crippen molar-refractivity contribution in [3.05, 3.63) is 30.1 Å². The summed E-state index contributed by atoms with van der Waals surface area (Å²) in [6, 6.07) is 5.20. The van der Waals surface area contributed by atoms with Gasteiger partial charge in [-0.1, -0.05) is 12.5 Å². The average molecular weight is 321 g/mol. The molecule has 1 aromatic rings. The minimum Gasteiger partial charge on any atom is -0.323 e. The van der Waals surface area contributed by atoms with Crippen molar-refractivity contribution in [1.82, 2.24) is 4.98 Å². The highest BCUT2D eigenvalue weighted by atomic mass is 31.2. The lowest BCUT2D eigenvalue weighted by atomic mass is 10.1. The van der Waals surface area contributed by atoms with Crippen LogP contribution >= 0.6 is 15.6 Å². The van der Waals surface area contributed by atoms with Crippen molar-refractivity contribution in [3.63, 3.8) is 0 Å². The Hall–Kier alpha value is -0.680. The predicted octanol–water partition coefficient (Wildman–Crippen LogP) is 1.88. The van der Waals surface area contributed by atoms with E-state index in [0.29, 0.717) is 19.3 Å². The van der Waals surface area contributed by atoms with Gasteiger partial charge in [0.2, 0.25) is 0 Å². The van der Waals surface area contributed by atoms with Crippen LogP contribution in [0.3, 0.4) is 0 Å². The third-order valence-electron chi connectivity index (χ3n) is 2.94. The van der Waals surface area contributed by atoms with E-state index in [1.54, 1.807) is 12.3 Å². The minimum atomic E-state index is -4.34. The molecule has 7 nitrogen and oxygen atoms in total. The normalized spacial score (nSPS) is 14.8. The molecular weight excluding hydrogens is 302 g/mol. The zero-order valence-electron chi connectivity index (χ0n) is 10.9. The van der Waals surface area contributed by atoms with Gasteiger partial charge in [0.05, 0.1) is 5.69 Å². The maximum absolute atomic E-state index is 10.8. The van der Waals surface area contributed by atoms with E-state index >= 15 is 0 Å². The number of rotatable bonds is 8. The lowest BCUT2D eigenvalue weighted by molar-refractivity contribution is 0.321. The standard InChI is InChI=1S/C11H19N2O5P2/c12-9(10-6-3-4-8-13-10)5-1-2-7-11(19(14)15)20(16,17)18/h3-4,6,8-9,11,16-18H,1-2,5,7,12H2/q+1. The van der Waals surface area contributed by atoms with Crippen molar-refractivity contribution in [2.75, 3.05) is 0 Å². The fraction of sp³-hybridized carbons (Fsp3) is 0.545. The molecular formula is C11H19N2O5P2+. The van der Waals surface area contributed by atoms with Gasteiger partial charge in [0.1, 0.15) is 0 Å². The minimum absolute atomic E-state index is 0.00488. The Labute approximate surface area is 118 Å². The molecule has 0 spiro atoms. The monoisotopic (exact) mass is 321 g/mol. The fourth-order valence-corrected chi connectivity index (χ4v) is 3.77. The van der Waals surface area contributed by atoms with Gasteiger partial charge < -0.3 is 5.73 Å². The second kappa shape index (κ2) is 7.93. The first-order valence-corrected chi connectivity index (χ1v) is 9.15. The zero-order valence-corrected chi connectivity index (χ0v) is 12.7. The number of hydrogen-bond acceptors (Lipinski definition) is 7. The second-order valence-electron chi connectivity index (χ2n) is 4.53. The number of hydrogen-bond donors (Lipinski definition) is 4. The van der Waals surface area contributed by atoms with Crippen LogP contribution in [0.4, 0.5) is 0 Å². The molecule has 0 fully saturated rings. The highest BCUT2D eigenvalue weighted by Crippen LogP contribution is 2.58. The van der Waals surface area contributed by atoms with E-state index in [0.717, 1.165) is 5.69 Å². The summed E-state index contributed by atoms with van der Waals surface area (Å²) in [6.07, 6.45) is 3.29. The molecule has 1 rings (SSSR count).